The highest BCUT2D eigenvalue weighted by atomic mass is 19.4. The summed E-state index contributed by atoms with van der Waals surface area (Å²) in [6.45, 7) is 5.37. The molecule has 1 N–H and O–H groups in total. The van der Waals surface area contributed by atoms with Crippen molar-refractivity contribution in [3.05, 3.63) is 76.9 Å². The Balaban J connectivity index is 1.50. The minimum Gasteiger partial charge on any atom is -0.490 e. The molecular weight excluding hydrogens is 501 g/mol. The third-order valence-electron chi connectivity index (χ3n) is 6.02. The van der Waals surface area contributed by atoms with Crippen LogP contribution in [0, 0.1) is 13.8 Å². The van der Waals surface area contributed by atoms with Crippen molar-refractivity contribution >= 4 is 23.3 Å². The molecule has 1 aliphatic heterocycles. The second-order valence-corrected chi connectivity index (χ2v) is 9.08. The number of carbonyl (C=O) groups excluding carboxylic acids is 2. The number of esters is 1. The molecule has 3 aromatic rings. The van der Waals surface area contributed by atoms with Gasteiger partial charge in [0.15, 0.2) is 0 Å². The molecule has 0 aromatic heterocycles. The molecule has 1 atom stereocenters. The lowest BCUT2D eigenvalue weighted by atomic mass is 10.0. The van der Waals surface area contributed by atoms with Crippen LogP contribution in [-0.4, -0.2) is 38.2 Å². The third kappa shape index (κ3) is 6.01. The predicted octanol–water partition coefficient (Wildman–Crippen LogP) is 5.78. The monoisotopic (exact) mass is 528 g/mol. The number of fused-ring (bicyclic) bond motifs is 1. The number of amides is 1. The molecule has 0 saturated heterocycles. The molecule has 10 heteroatoms. The van der Waals surface area contributed by atoms with E-state index in [-0.39, 0.29) is 24.0 Å². The molecule has 0 unspecified atom stereocenters. The molecule has 0 saturated carbocycles. The van der Waals surface area contributed by atoms with E-state index >= 15 is 0 Å². The van der Waals surface area contributed by atoms with Crippen molar-refractivity contribution in [3.8, 4) is 17.2 Å². The van der Waals surface area contributed by atoms with Crippen LogP contribution in [0.15, 0.2) is 54.6 Å². The van der Waals surface area contributed by atoms with E-state index < -0.39 is 29.3 Å². The van der Waals surface area contributed by atoms with Crippen molar-refractivity contribution in [2.24, 2.45) is 0 Å². The molecule has 4 rings (SSSR count). The Labute approximate surface area is 218 Å². The normalized spacial score (nSPS) is 14.8. The fraction of sp³-hybridized carbons (Fsp3) is 0.286. The van der Waals surface area contributed by atoms with E-state index in [2.05, 4.69) is 10.2 Å². The number of hydrogen-bond acceptors (Lipinski definition) is 6. The van der Waals surface area contributed by atoms with E-state index in [0.717, 1.165) is 36.6 Å². The second kappa shape index (κ2) is 10.6. The minimum absolute atomic E-state index is 0.115. The summed E-state index contributed by atoms with van der Waals surface area (Å²) in [5.41, 5.74) is 0.683. The Morgan fingerprint density at radius 1 is 1.05 bits per heavy atom. The number of nitrogens with zero attached hydrogens (tertiary/aromatic N) is 1. The number of rotatable bonds is 6. The van der Waals surface area contributed by atoms with E-state index in [1.807, 2.05) is 31.3 Å². The van der Waals surface area contributed by atoms with E-state index in [1.165, 1.54) is 0 Å². The van der Waals surface area contributed by atoms with Crippen molar-refractivity contribution in [1.29, 1.82) is 0 Å². The summed E-state index contributed by atoms with van der Waals surface area (Å²) >= 11 is 0. The molecule has 3 aromatic carbocycles. The van der Waals surface area contributed by atoms with Gasteiger partial charge in [0.2, 0.25) is 0 Å². The lowest BCUT2D eigenvalue weighted by Crippen LogP contribution is -2.41. The number of halogens is 3. The number of hydrogen-bond donors (Lipinski definition) is 1. The van der Waals surface area contributed by atoms with Gasteiger partial charge in [-0.25, -0.2) is 0 Å². The summed E-state index contributed by atoms with van der Waals surface area (Å²) in [7, 11) is 1.97. The first kappa shape index (κ1) is 26.8. The number of benzene rings is 3. The zero-order valence-electron chi connectivity index (χ0n) is 21.3. The Kier molecular flexibility index (Phi) is 7.52. The molecule has 0 bridgehead atoms. The number of carbonyl (C=O) groups is 2. The van der Waals surface area contributed by atoms with Crippen LogP contribution in [-0.2, 0) is 11.0 Å². The summed E-state index contributed by atoms with van der Waals surface area (Å²) in [6, 6.07) is 13.8. The van der Waals surface area contributed by atoms with Gasteiger partial charge in [-0.05, 0) is 61.4 Å². The molecule has 0 fully saturated rings. The fourth-order valence-corrected chi connectivity index (χ4v) is 4.42. The maximum atomic E-state index is 13.6. The van der Waals surface area contributed by atoms with Crippen LogP contribution in [0.4, 0.5) is 24.5 Å². The lowest BCUT2D eigenvalue weighted by molar-refractivity contribution is -0.136. The average Bonchev–Trinajstić information content (AvgIpc) is 2.81. The van der Waals surface area contributed by atoms with Crippen LogP contribution in [0.5, 0.6) is 17.2 Å². The SMILES string of the molecule is CC(=O)Oc1ccc(C(F)(F)F)c(NC(=O)c2c(C)cc(OC[C@@H]3CN(C)c4ccccc4O3)cc2C)c1. The van der Waals surface area contributed by atoms with Gasteiger partial charge in [-0.3, -0.25) is 9.59 Å². The largest absolute Gasteiger partial charge is 0.490 e. The number of anilines is 2. The van der Waals surface area contributed by atoms with Gasteiger partial charge in [0, 0.05) is 25.6 Å². The molecule has 0 radical (unpaired) electrons. The first-order valence-corrected chi connectivity index (χ1v) is 11.8. The average molecular weight is 529 g/mol. The van der Waals surface area contributed by atoms with Crippen LogP contribution < -0.4 is 24.4 Å². The van der Waals surface area contributed by atoms with Crippen LogP contribution in [0.3, 0.4) is 0 Å². The summed E-state index contributed by atoms with van der Waals surface area (Å²) in [5, 5.41) is 2.33. The smallest absolute Gasteiger partial charge is 0.418 e. The van der Waals surface area contributed by atoms with Gasteiger partial charge >= 0.3 is 12.1 Å². The van der Waals surface area contributed by atoms with E-state index in [4.69, 9.17) is 14.2 Å². The van der Waals surface area contributed by atoms with Crippen LogP contribution in [0.1, 0.15) is 34.0 Å². The fourth-order valence-electron chi connectivity index (χ4n) is 4.42. The molecule has 38 heavy (non-hydrogen) atoms. The zero-order valence-corrected chi connectivity index (χ0v) is 21.3. The van der Waals surface area contributed by atoms with Gasteiger partial charge < -0.3 is 24.4 Å². The predicted molar refractivity (Wildman–Crippen MR) is 136 cm³/mol. The van der Waals surface area contributed by atoms with E-state index in [9.17, 15) is 22.8 Å². The Morgan fingerprint density at radius 3 is 2.39 bits per heavy atom. The van der Waals surface area contributed by atoms with Crippen molar-refractivity contribution in [2.75, 3.05) is 30.4 Å². The number of nitrogens with one attached hydrogen (secondary N) is 1. The molecule has 7 nitrogen and oxygen atoms in total. The second-order valence-electron chi connectivity index (χ2n) is 9.08. The molecule has 1 amide bonds. The van der Waals surface area contributed by atoms with Crippen LogP contribution >= 0.6 is 0 Å². The number of likely N-dealkylation sites (N-methyl/N-ethyl adjacent to an activating group) is 1. The van der Waals surface area contributed by atoms with Crippen LogP contribution in [0.25, 0.3) is 0 Å². The molecule has 1 aliphatic rings. The van der Waals surface area contributed by atoms with Crippen molar-refractivity contribution in [3.63, 3.8) is 0 Å². The lowest BCUT2D eigenvalue weighted by Gasteiger charge is -2.33. The molecular formula is C28H27F3N2O5. The Bertz CT molecular complexity index is 1350. The topological polar surface area (TPSA) is 77.1 Å². The van der Waals surface area contributed by atoms with Gasteiger partial charge in [0.05, 0.1) is 23.5 Å². The molecule has 0 spiro atoms. The maximum Gasteiger partial charge on any atom is 0.418 e. The summed E-state index contributed by atoms with van der Waals surface area (Å²) in [4.78, 5) is 26.4. The van der Waals surface area contributed by atoms with Crippen molar-refractivity contribution in [1.82, 2.24) is 0 Å². The number of alkyl halides is 3. The van der Waals surface area contributed by atoms with Gasteiger partial charge in [-0.1, -0.05) is 12.1 Å². The van der Waals surface area contributed by atoms with Crippen molar-refractivity contribution < 1.29 is 37.0 Å². The van der Waals surface area contributed by atoms with Gasteiger partial charge in [0.1, 0.15) is 30.0 Å². The number of ether oxygens (including phenoxy) is 3. The highest BCUT2D eigenvalue weighted by Crippen LogP contribution is 2.37. The molecule has 0 aliphatic carbocycles. The molecule has 1 heterocycles. The minimum atomic E-state index is -4.73. The number of aryl methyl sites for hydroxylation is 2. The number of para-hydroxylation sites is 2. The van der Waals surface area contributed by atoms with Crippen molar-refractivity contribution in [2.45, 2.75) is 33.1 Å². The standard InChI is InChI=1S/C28H27F3N2O5/c1-16-11-20(36-15-21-14-33(4)24-7-5-6-8-25(24)38-21)12-17(2)26(16)27(35)32-23-13-19(37-18(3)34)9-10-22(23)28(29,30)31/h5-13,21H,14-15H2,1-4H3,(H,32,35)/t21-/m0/s1. The maximum absolute atomic E-state index is 13.6. The van der Waals surface area contributed by atoms with E-state index in [1.54, 1.807) is 26.0 Å². The highest BCUT2D eigenvalue weighted by molar-refractivity contribution is 6.07. The molecule has 200 valence electrons. The summed E-state index contributed by atoms with van der Waals surface area (Å²) < 4.78 is 57.6. The van der Waals surface area contributed by atoms with Gasteiger partial charge in [-0.15, -0.1) is 0 Å². The Hall–Kier alpha value is -4.21. The first-order chi connectivity index (χ1) is 17.9. The van der Waals surface area contributed by atoms with E-state index in [0.29, 0.717) is 23.4 Å². The summed E-state index contributed by atoms with van der Waals surface area (Å²) in [5.74, 6) is -0.263. The summed E-state index contributed by atoms with van der Waals surface area (Å²) in [6.07, 6.45) is -4.95. The van der Waals surface area contributed by atoms with Crippen LogP contribution in [0.2, 0.25) is 0 Å². The quantitative estimate of drug-likeness (QED) is 0.323. The zero-order chi connectivity index (χ0) is 27.6. The Morgan fingerprint density at radius 2 is 1.74 bits per heavy atom. The van der Waals surface area contributed by atoms with Gasteiger partial charge in [0.25, 0.3) is 5.91 Å². The third-order valence-corrected chi connectivity index (χ3v) is 6.02. The van der Waals surface area contributed by atoms with Gasteiger partial charge in [-0.2, -0.15) is 13.2 Å². The first-order valence-electron chi connectivity index (χ1n) is 11.8. The highest BCUT2D eigenvalue weighted by Gasteiger charge is 2.34.